The first-order valence-corrected chi connectivity index (χ1v) is 8.85. The van der Waals surface area contributed by atoms with E-state index in [1.54, 1.807) is 13.0 Å². The molecule has 0 bridgehead atoms. The number of aryl methyl sites for hydroxylation is 1. The van der Waals surface area contributed by atoms with Crippen LogP contribution in [0.3, 0.4) is 0 Å². The Bertz CT molecular complexity index is 956. The number of aliphatic hydroxyl groups excluding tert-OH is 1. The SMILES string of the molecule is Cc1cccc(-c2cc(C(=O)N[C@H]3C[C@H](c4nnc([C@@H](C)O)o4)C3)no2)c1. The van der Waals surface area contributed by atoms with Crippen LogP contribution in [0.1, 0.15) is 59.6 Å². The number of nitrogens with zero attached hydrogens (tertiary/aromatic N) is 3. The first-order chi connectivity index (χ1) is 13.0. The van der Waals surface area contributed by atoms with Gasteiger partial charge in [-0.05, 0) is 32.8 Å². The second-order valence-corrected chi connectivity index (χ2v) is 6.94. The fourth-order valence-electron chi connectivity index (χ4n) is 3.09. The number of rotatable bonds is 5. The van der Waals surface area contributed by atoms with E-state index in [0.717, 1.165) is 11.1 Å². The Kier molecular flexibility index (Phi) is 4.49. The van der Waals surface area contributed by atoms with E-state index in [0.29, 0.717) is 24.5 Å². The predicted octanol–water partition coefficient (Wildman–Crippen LogP) is 2.76. The lowest BCUT2D eigenvalue weighted by atomic mass is 9.80. The normalized spacial score (nSPS) is 20.1. The van der Waals surface area contributed by atoms with E-state index in [2.05, 4.69) is 20.7 Å². The van der Waals surface area contributed by atoms with E-state index in [1.807, 2.05) is 31.2 Å². The molecule has 1 saturated carbocycles. The molecule has 1 aliphatic carbocycles. The highest BCUT2D eigenvalue weighted by Gasteiger charge is 2.36. The van der Waals surface area contributed by atoms with Crippen molar-refractivity contribution in [2.45, 2.75) is 44.8 Å². The van der Waals surface area contributed by atoms with Crippen LogP contribution < -0.4 is 5.32 Å². The van der Waals surface area contributed by atoms with Crippen LogP contribution in [0.15, 0.2) is 39.3 Å². The van der Waals surface area contributed by atoms with Gasteiger partial charge in [0, 0.05) is 23.6 Å². The average molecular weight is 368 g/mol. The highest BCUT2D eigenvalue weighted by molar-refractivity contribution is 5.93. The zero-order valence-corrected chi connectivity index (χ0v) is 15.0. The van der Waals surface area contributed by atoms with Crippen molar-refractivity contribution in [3.8, 4) is 11.3 Å². The zero-order chi connectivity index (χ0) is 19.0. The Hall–Kier alpha value is -3.00. The average Bonchev–Trinajstić information content (AvgIpc) is 3.27. The molecule has 0 radical (unpaired) electrons. The van der Waals surface area contributed by atoms with Crippen molar-refractivity contribution >= 4 is 5.91 Å². The minimum absolute atomic E-state index is 0.0171. The van der Waals surface area contributed by atoms with Crippen molar-refractivity contribution in [3.63, 3.8) is 0 Å². The molecule has 1 atom stereocenters. The second kappa shape index (κ2) is 6.96. The van der Waals surface area contributed by atoms with Crippen LogP contribution in [0, 0.1) is 6.92 Å². The van der Waals surface area contributed by atoms with Crippen LogP contribution in [-0.2, 0) is 0 Å². The van der Waals surface area contributed by atoms with Crippen molar-refractivity contribution in [3.05, 3.63) is 53.4 Å². The highest BCUT2D eigenvalue weighted by Crippen LogP contribution is 2.36. The zero-order valence-electron chi connectivity index (χ0n) is 15.0. The second-order valence-electron chi connectivity index (χ2n) is 6.94. The maximum Gasteiger partial charge on any atom is 0.273 e. The van der Waals surface area contributed by atoms with Crippen LogP contribution in [-0.4, -0.2) is 32.4 Å². The summed E-state index contributed by atoms with van der Waals surface area (Å²) >= 11 is 0. The summed E-state index contributed by atoms with van der Waals surface area (Å²) in [4.78, 5) is 12.4. The lowest BCUT2D eigenvalue weighted by Gasteiger charge is -2.33. The Labute approximate surface area is 155 Å². The molecule has 140 valence electrons. The Morgan fingerprint density at radius 2 is 2.11 bits per heavy atom. The van der Waals surface area contributed by atoms with Crippen molar-refractivity contribution in [1.82, 2.24) is 20.7 Å². The van der Waals surface area contributed by atoms with Crippen LogP contribution in [0.2, 0.25) is 0 Å². The van der Waals surface area contributed by atoms with Gasteiger partial charge in [-0.3, -0.25) is 4.79 Å². The molecule has 4 rings (SSSR count). The summed E-state index contributed by atoms with van der Waals surface area (Å²) in [6.45, 7) is 3.57. The topological polar surface area (TPSA) is 114 Å². The molecule has 1 fully saturated rings. The van der Waals surface area contributed by atoms with Gasteiger partial charge in [0.05, 0.1) is 0 Å². The summed E-state index contributed by atoms with van der Waals surface area (Å²) in [5.74, 6) is 1.10. The monoisotopic (exact) mass is 368 g/mol. The number of aromatic nitrogens is 3. The van der Waals surface area contributed by atoms with E-state index in [9.17, 15) is 9.90 Å². The third-order valence-electron chi connectivity index (χ3n) is 4.68. The molecule has 8 heteroatoms. The van der Waals surface area contributed by atoms with Gasteiger partial charge in [-0.1, -0.05) is 28.9 Å². The quantitative estimate of drug-likeness (QED) is 0.711. The summed E-state index contributed by atoms with van der Waals surface area (Å²) in [6, 6.07) is 9.48. The van der Waals surface area contributed by atoms with Gasteiger partial charge < -0.3 is 19.4 Å². The Morgan fingerprint density at radius 3 is 2.81 bits per heavy atom. The molecular formula is C19H20N4O4. The molecular weight excluding hydrogens is 348 g/mol. The molecule has 8 nitrogen and oxygen atoms in total. The number of amides is 1. The smallest absolute Gasteiger partial charge is 0.273 e. The predicted molar refractivity (Wildman–Crippen MR) is 94.8 cm³/mol. The molecule has 2 aromatic heterocycles. The number of nitrogens with one attached hydrogen (secondary N) is 1. The van der Waals surface area contributed by atoms with Crippen molar-refractivity contribution in [1.29, 1.82) is 0 Å². The van der Waals surface area contributed by atoms with E-state index in [4.69, 9.17) is 8.94 Å². The molecule has 2 heterocycles. The molecule has 27 heavy (non-hydrogen) atoms. The molecule has 0 unspecified atom stereocenters. The third kappa shape index (κ3) is 3.61. The molecule has 1 aromatic carbocycles. The molecule has 2 N–H and O–H groups in total. The lowest BCUT2D eigenvalue weighted by Crippen LogP contribution is -2.43. The van der Waals surface area contributed by atoms with Gasteiger partial charge in [-0.25, -0.2) is 0 Å². The molecule has 0 spiro atoms. The minimum Gasteiger partial charge on any atom is -0.422 e. The van der Waals surface area contributed by atoms with E-state index < -0.39 is 6.10 Å². The van der Waals surface area contributed by atoms with Gasteiger partial charge in [0.15, 0.2) is 11.5 Å². The standard InChI is InChI=1S/C19H20N4O4/c1-10-4-3-5-12(6-10)16-9-15(23-27-16)17(25)20-14-7-13(8-14)19-22-21-18(26-19)11(2)24/h3-6,9,11,13-14,24H,7-8H2,1-2H3,(H,20,25)/t11-,13-,14-/m1/s1. The van der Waals surface area contributed by atoms with E-state index >= 15 is 0 Å². The van der Waals surface area contributed by atoms with Crippen molar-refractivity contribution < 1.29 is 18.8 Å². The summed E-state index contributed by atoms with van der Waals surface area (Å²) in [5.41, 5.74) is 2.25. The fourth-order valence-corrected chi connectivity index (χ4v) is 3.09. The van der Waals surface area contributed by atoms with Crippen molar-refractivity contribution in [2.75, 3.05) is 0 Å². The van der Waals surface area contributed by atoms with Gasteiger partial charge >= 0.3 is 0 Å². The maximum absolute atomic E-state index is 12.4. The number of carbonyl (C=O) groups excluding carboxylic acids is 1. The fraction of sp³-hybridized carbons (Fsp3) is 0.368. The third-order valence-corrected chi connectivity index (χ3v) is 4.68. The largest absolute Gasteiger partial charge is 0.422 e. The first-order valence-electron chi connectivity index (χ1n) is 8.85. The molecule has 3 aromatic rings. The van der Waals surface area contributed by atoms with Crippen LogP contribution >= 0.6 is 0 Å². The number of hydrogen-bond acceptors (Lipinski definition) is 7. The van der Waals surface area contributed by atoms with E-state index in [1.165, 1.54) is 0 Å². The number of aliphatic hydroxyl groups is 1. The van der Waals surface area contributed by atoms with E-state index in [-0.39, 0.29) is 29.5 Å². The first kappa shape index (κ1) is 17.4. The maximum atomic E-state index is 12.4. The molecule has 1 aliphatic rings. The number of hydrogen-bond donors (Lipinski definition) is 2. The molecule has 0 aliphatic heterocycles. The summed E-state index contributed by atoms with van der Waals surface area (Å²) in [5, 5.41) is 24.0. The Morgan fingerprint density at radius 1 is 1.30 bits per heavy atom. The summed E-state index contributed by atoms with van der Waals surface area (Å²) in [7, 11) is 0. The van der Waals surface area contributed by atoms with Crippen LogP contribution in [0.5, 0.6) is 0 Å². The van der Waals surface area contributed by atoms with Gasteiger partial charge in [0.2, 0.25) is 11.8 Å². The minimum atomic E-state index is -0.781. The van der Waals surface area contributed by atoms with Gasteiger partial charge in [-0.15, -0.1) is 10.2 Å². The van der Waals surface area contributed by atoms with Crippen LogP contribution in [0.25, 0.3) is 11.3 Å². The van der Waals surface area contributed by atoms with Crippen molar-refractivity contribution in [2.24, 2.45) is 0 Å². The van der Waals surface area contributed by atoms with Gasteiger partial charge in [-0.2, -0.15) is 0 Å². The number of carbonyl (C=O) groups is 1. The van der Waals surface area contributed by atoms with Gasteiger partial charge in [0.1, 0.15) is 6.10 Å². The highest BCUT2D eigenvalue weighted by atomic mass is 16.5. The molecule has 1 amide bonds. The Balaban J connectivity index is 1.34. The number of benzene rings is 1. The van der Waals surface area contributed by atoms with Gasteiger partial charge in [0.25, 0.3) is 5.91 Å². The lowest BCUT2D eigenvalue weighted by molar-refractivity contribution is 0.0892. The summed E-state index contributed by atoms with van der Waals surface area (Å²) < 4.78 is 10.7. The molecule has 0 saturated heterocycles. The van der Waals surface area contributed by atoms with Crippen LogP contribution in [0.4, 0.5) is 0 Å². The summed E-state index contributed by atoms with van der Waals surface area (Å²) in [6.07, 6.45) is 0.627.